The van der Waals surface area contributed by atoms with Crippen molar-refractivity contribution in [3.8, 4) is 0 Å². The largest absolute Gasteiger partial charge is 0.356 e. The van der Waals surface area contributed by atoms with Gasteiger partial charge in [0.1, 0.15) is 0 Å². The van der Waals surface area contributed by atoms with Crippen LogP contribution in [0.5, 0.6) is 0 Å². The molecule has 1 fully saturated rings. The predicted molar refractivity (Wildman–Crippen MR) is 87.2 cm³/mol. The van der Waals surface area contributed by atoms with Crippen LogP contribution < -0.4 is 5.32 Å². The molecule has 0 saturated carbocycles. The van der Waals surface area contributed by atoms with Gasteiger partial charge in [0, 0.05) is 19.5 Å². The summed E-state index contributed by atoms with van der Waals surface area (Å²) in [6, 6.07) is 8.87. The Hall–Kier alpha value is -1.35. The number of rotatable bonds is 7. The molecule has 0 spiro atoms. The summed E-state index contributed by atoms with van der Waals surface area (Å²) in [4.78, 5) is 13.9. The van der Waals surface area contributed by atoms with Crippen molar-refractivity contribution in [2.75, 3.05) is 19.6 Å². The van der Waals surface area contributed by atoms with E-state index in [0.717, 1.165) is 25.9 Å². The highest BCUT2D eigenvalue weighted by atomic mass is 16.1. The second-order valence-corrected chi connectivity index (χ2v) is 6.00. The first-order valence-corrected chi connectivity index (χ1v) is 8.35. The molecule has 3 heteroatoms. The number of amides is 1. The molecule has 116 valence electrons. The van der Waals surface area contributed by atoms with Crippen molar-refractivity contribution < 1.29 is 4.79 Å². The molecule has 0 bridgehead atoms. The minimum absolute atomic E-state index is 0.166. The van der Waals surface area contributed by atoms with Gasteiger partial charge in [0.05, 0.1) is 0 Å². The predicted octanol–water partition coefficient (Wildman–Crippen LogP) is 3.13. The Morgan fingerprint density at radius 3 is 2.43 bits per heavy atom. The summed E-state index contributed by atoms with van der Waals surface area (Å²) >= 11 is 0. The van der Waals surface area contributed by atoms with E-state index in [9.17, 15) is 4.79 Å². The number of hydrogen-bond acceptors (Lipinski definition) is 2. The summed E-state index contributed by atoms with van der Waals surface area (Å²) in [5, 5.41) is 2.97. The van der Waals surface area contributed by atoms with Crippen LogP contribution in [-0.2, 0) is 17.8 Å². The Morgan fingerprint density at radius 1 is 1.10 bits per heavy atom. The average molecular weight is 288 g/mol. The molecule has 1 amide bonds. The molecule has 0 unspecified atom stereocenters. The van der Waals surface area contributed by atoms with Crippen molar-refractivity contribution in [1.29, 1.82) is 0 Å². The standard InChI is InChI=1S/C18H28N2O/c1-2-6-18(21)19-12-11-16-7-9-17(10-8-16)15-20-13-4-3-5-14-20/h7-10H,2-6,11-15H2,1H3,(H,19,21). The van der Waals surface area contributed by atoms with Crippen molar-refractivity contribution in [1.82, 2.24) is 10.2 Å². The Bertz CT molecular complexity index is 421. The van der Waals surface area contributed by atoms with E-state index in [-0.39, 0.29) is 5.91 Å². The van der Waals surface area contributed by atoms with E-state index in [1.807, 2.05) is 6.92 Å². The minimum atomic E-state index is 0.166. The van der Waals surface area contributed by atoms with Crippen LogP contribution in [0.15, 0.2) is 24.3 Å². The lowest BCUT2D eigenvalue weighted by Gasteiger charge is -2.26. The third-order valence-electron chi connectivity index (χ3n) is 4.09. The molecule has 1 aromatic carbocycles. The van der Waals surface area contributed by atoms with Crippen LogP contribution in [0.25, 0.3) is 0 Å². The fourth-order valence-electron chi connectivity index (χ4n) is 2.85. The lowest BCUT2D eigenvalue weighted by Crippen LogP contribution is -2.29. The Balaban J connectivity index is 1.72. The number of piperidine rings is 1. The van der Waals surface area contributed by atoms with Crippen LogP contribution in [0.1, 0.15) is 50.2 Å². The molecule has 1 aromatic rings. The Kier molecular flexibility index (Phi) is 6.74. The van der Waals surface area contributed by atoms with Crippen LogP contribution in [0.4, 0.5) is 0 Å². The highest BCUT2D eigenvalue weighted by Crippen LogP contribution is 2.13. The van der Waals surface area contributed by atoms with Crippen molar-refractivity contribution >= 4 is 5.91 Å². The number of hydrogen-bond donors (Lipinski definition) is 1. The number of carbonyl (C=O) groups excluding carboxylic acids is 1. The summed E-state index contributed by atoms with van der Waals surface area (Å²) in [6.07, 6.45) is 6.54. The molecular formula is C18H28N2O. The molecule has 1 aliphatic heterocycles. The molecular weight excluding hydrogens is 260 g/mol. The zero-order chi connectivity index (χ0) is 14.9. The number of carbonyl (C=O) groups is 1. The molecule has 1 N–H and O–H groups in total. The normalized spacial score (nSPS) is 15.9. The van der Waals surface area contributed by atoms with Crippen molar-refractivity contribution in [3.05, 3.63) is 35.4 Å². The van der Waals surface area contributed by atoms with Gasteiger partial charge in [-0.05, 0) is 49.9 Å². The quantitative estimate of drug-likeness (QED) is 0.836. The van der Waals surface area contributed by atoms with E-state index in [2.05, 4.69) is 34.5 Å². The van der Waals surface area contributed by atoms with Gasteiger partial charge < -0.3 is 5.32 Å². The summed E-state index contributed by atoms with van der Waals surface area (Å²) in [7, 11) is 0. The number of nitrogens with zero attached hydrogens (tertiary/aromatic N) is 1. The van der Waals surface area contributed by atoms with Gasteiger partial charge in [-0.25, -0.2) is 0 Å². The zero-order valence-corrected chi connectivity index (χ0v) is 13.2. The third kappa shape index (κ3) is 5.88. The van der Waals surface area contributed by atoms with E-state index in [1.54, 1.807) is 0 Å². The molecule has 2 rings (SSSR count). The number of nitrogens with one attached hydrogen (secondary N) is 1. The van der Waals surface area contributed by atoms with Crippen molar-refractivity contribution in [2.24, 2.45) is 0 Å². The van der Waals surface area contributed by atoms with Crippen LogP contribution in [-0.4, -0.2) is 30.4 Å². The summed E-state index contributed by atoms with van der Waals surface area (Å²) in [5.74, 6) is 0.166. The van der Waals surface area contributed by atoms with Gasteiger partial charge >= 0.3 is 0 Å². The molecule has 1 saturated heterocycles. The van der Waals surface area contributed by atoms with E-state index < -0.39 is 0 Å². The Morgan fingerprint density at radius 2 is 1.76 bits per heavy atom. The maximum atomic E-state index is 11.4. The van der Waals surface area contributed by atoms with Gasteiger partial charge in [0.2, 0.25) is 5.91 Å². The highest BCUT2D eigenvalue weighted by molar-refractivity contribution is 5.75. The summed E-state index contributed by atoms with van der Waals surface area (Å²) in [6.45, 7) is 6.33. The van der Waals surface area contributed by atoms with Gasteiger partial charge in [-0.3, -0.25) is 9.69 Å². The van der Waals surface area contributed by atoms with E-state index in [1.165, 1.54) is 43.5 Å². The first kappa shape index (κ1) is 16.0. The lowest BCUT2D eigenvalue weighted by molar-refractivity contribution is -0.121. The molecule has 21 heavy (non-hydrogen) atoms. The smallest absolute Gasteiger partial charge is 0.219 e. The maximum absolute atomic E-state index is 11.4. The highest BCUT2D eigenvalue weighted by Gasteiger charge is 2.10. The van der Waals surface area contributed by atoms with Gasteiger partial charge in [0.25, 0.3) is 0 Å². The molecule has 1 heterocycles. The molecule has 3 nitrogen and oxygen atoms in total. The van der Waals surface area contributed by atoms with Gasteiger partial charge in [0.15, 0.2) is 0 Å². The van der Waals surface area contributed by atoms with Gasteiger partial charge in [-0.2, -0.15) is 0 Å². The van der Waals surface area contributed by atoms with Crippen LogP contribution in [0, 0.1) is 0 Å². The Labute approximate surface area is 128 Å². The first-order chi connectivity index (χ1) is 10.3. The SMILES string of the molecule is CCCC(=O)NCCc1ccc(CN2CCCCC2)cc1. The molecule has 1 aliphatic rings. The fraction of sp³-hybridized carbons (Fsp3) is 0.611. The summed E-state index contributed by atoms with van der Waals surface area (Å²) in [5.41, 5.74) is 2.70. The number of benzene rings is 1. The monoisotopic (exact) mass is 288 g/mol. The molecule has 0 aromatic heterocycles. The van der Waals surface area contributed by atoms with E-state index in [0.29, 0.717) is 6.42 Å². The van der Waals surface area contributed by atoms with Crippen molar-refractivity contribution in [3.63, 3.8) is 0 Å². The second kappa shape index (κ2) is 8.83. The molecule has 0 radical (unpaired) electrons. The van der Waals surface area contributed by atoms with Crippen LogP contribution >= 0.6 is 0 Å². The van der Waals surface area contributed by atoms with Gasteiger partial charge in [-0.15, -0.1) is 0 Å². The first-order valence-electron chi connectivity index (χ1n) is 8.35. The lowest BCUT2D eigenvalue weighted by atomic mass is 10.1. The van der Waals surface area contributed by atoms with Crippen LogP contribution in [0.2, 0.25) is 0 Å². The van der Waals surface area contributed by atoms with Crippen LogP contribution in [0.3, 0.4) is 0 Å². The zero-order valence-electron chi connectivity index (χ0n) is 13.2. The second-order valence-electron chi connectivity index (χ2n) is 6.00. The fourth-order valence-corrected chi connectivity index (χ4v) is 2.85. The van der Waals surface area contributed by atoms with Gasteiger partial charge in [-0.1, -0.05) is 37.6 Å². The maximum Gasteiger partial charge on any atom is 0.219 e. The third-order valence-corrected chi connectivity index (χ3v) is 4.09. The summed E-state index contributed by atoms with van der Waals surface area (Å²) < 4.78 is 0. The average Bonchev–Trinajstić information content (AvgIpc) is 2.50. The van der Waals surface area contributed by atoms with E-state index >= 15 is 0 Å². The topological polar surface area (TPSA) is 32.3 Å². The minimum Gasteiger partial charge on any atom is -0.356 e. The molecule has 0 aliphatic carbocycles. The number of likely N-dealkylation sites (tertiary alicyclic amines) is 1. The van der Waals surface area contributed by atoms with Crippen molar-refractivity contribution in [2.45, 2.75) is 52.0 Å². The van der Waals surface area contributed by atoms with E-state index in [4.69, 9.17) is 0 Å². The molecule has 0 atom stereocenters.